The van der Waals surface area contributed by atoms with Crippen molar-refractivity contribution in [2.75, 3.05) is 0 Å². The summed E-state index contributed by atoms with van der Waals surface area (Å²) >= 11 is 0. The summed E-state index contributed by atoms with van der Waals surface area (Å²) in [7, 11) is 0. The number of hydrogen-bond donors (Lipinski definition) is 0. The van der Waals surface area contributed by atoms with Gasteiger partial charge >= 0.3 is 0 Å². The van der Waals surface area contributed by atoms with Crippen LogP contribution in [0.5, 0.6) is 0 Å². The van der Waals surface area contributed by atoms with Crippen LogP contribution in [0.15, 0.2) is 43.3 Å². The third kappa shape index (κ3) is 2.87. The van der Waals surface area contributed by atoms with Crippen molar-refractivity contribution in [1.82, 2.24) is 9.78 Å². The Morgan fingerprint density at radius 1 is 1.53 bits per heavy atom. The van der Waals surface area contributed by atoms with Crippen molar-refractivity contribution in [1.29, 1.82) is 0 Å². The van der Waals surface area contributed by atoms with Gasteiger partial charge in [-0.2, -0.15) is 5.10 Å². The van der Waals surface area contributed by atoms with Gasteiger partial charge in [-0.25, -0.2) is 0 Å². The number of aromatic nitrogens is 2. The summed E-state index contributed by atoms with van der Waals surface area (Å²) in [4.78, 5) is 0. The monoisotopic (exact) mass is 230 g/mol. The average molecular weight is 230 g/mol. The highest BCUT2D eigenvalue weighted by Gasteiger charge is 2.29. The Morgan fingerprint density at radius 3 is 2.76 bits per heavy atom. The molecule has 1 aromatic rings. The highest BCUT2D eigenvalue weighted by atomic mass is 15.3. The Balaban J connectivity index is 1.88. The maximum atomic E-state index is 4.24. The number of rotatable bonds is 4. The Kier molecular flexibility index (Phi) is 3.51. The van der Waals surface area contributed by atoms with Crippen LogP contribution in [0.1, 0.15) is 32.6 Å². The molecule has 0 amide bonds. The standard InChI is InChI=1S/C15H22N2/c1-4-15(3)8-6-14(7-9-15)13(2)12-17-11-5-10-16-17/h4-5,10-11,14H,1-2,6-9,12H2,3H3. The van der Waals surface area contributed by atoms with Gasteiger partial charge in [0.05, 0.1) is 6.54 Å². The second-order valence-corrected chi connectivity index (χ2v) is 5.49. The molecular formula is C15H22N2. The second-order valence-electron chi connectivity index (χ2n) is 5.49. The molecule has 0 unspecified atom stereocenters. The summed E-state index contributed by atoms with van der Waals surface area (Å²) < 4.78 is 1.96. The number of allylic oxidation sites excluding steroid dienone is 2. The van der Waals surface area contributed by atoms with Crippen molar-refractivity contribution in [2.24, 2.45) is 11.3 Å². The molecule has 0 aliphatic heterocycles. The predicted octanol–water partition coefficient (Wildman–Crippen LogP) is 3.82. The van der Waals surface area contributed by atoms with Gasteiger partial charge in [0, 0.05) is 12.4 Å². The fourth-order valence-electron chi connectivity index (χ4n) is 2.62. The van der Waals surface area contributed by atoms with E-state index in [0.29, 0.717) is 11.3 Å². The first-order valence-electron chi connectivity index (χ1n) is 6.42. The van der Waals surface area contributed by atoms with Crippen LogP contribution in [-0.2, 0) is 6.54 Å². The van der Waals surface area contributed by atoms with Crippen molar-refractivity contribution in [2.45, 2.75) is 39.2 Å². The van der Waals surface area contributed by atoms with Crippen LogP contribution in [0.25, 0.3) is 0 Å². The SMILES string of the molecule is C=CC1(C)CCC(C(=C)Cn2cccn2)CC1. The van der Waals surface area contributed by atoms with E-state index < -0.39 is 0 Å². The summed E-state index contributed by atoms with van der Waals surface area (Å²) in [5.74, 6) is 0.659. The van der Waals surface area contributed by atoms with E-state index in [-0.39, 0.29) is 0 Å². The lowest BCUT2D eigenvalue weighted by molar-refractivity contribution is 0.239. The van der Waals surface area contributed by atoms with E-state index in [2.05, 4.69) is 31.3 Å². The quantitative estimate of drug-likeness (QED) is 0.719. The van der Waals surface area contributed by atoms with E-state index in [1.54, 1.807) is 0 Å². The van der Waals surface area contributed by atoms with Gasteiger partial charge in [0.15, 0.2) is 0 Å². The Morgan fingerprint density at radius 2 is 2.24 bits per heavy atom. The van der Waals surface area contributed by atoms with E-state index in [9.17, 15) is 0 Å². The first-order valence-corrected chi connectivity index (χ1v) is 6.42. The molecule has 1 aliphatic carbocycles. The van der Waals surface area contributed by atoms with E-state index in [0.717, 1.165) is 6.54 Å². The van der Waals surface area contributed by atoms with Gasteiger partial charge in [-0.1, -0.05) is 25.2 Å². The Hall–Kier alpha value is -1.31. The smallest absolute Gasteiger partial charge is 0.0619 e. The van der Waals surface area contributed by atoms with Crippen molar-refractivity contribution >= 4 is 0 Å². The van der Waals surface area contributed by atoms with E-state index >= 15 is 0 Å². The molecular weight excluding hydrogens is 208 g/mol. The summed E-state index contributed by atoms with van der Waals surface area (Å²) in [5, 5.41) is 4.24. The predicted molar refractivity (Wildman–Crippen MR) is 71.6 cm³/mol. The summed E-state index contributed by atoms with van der Waals surface area (Å²) in [6, 6.07) is 1.96. The van der Waals surface area contributed by atoms with Crippen LogP contribution in [-0.4, -0.2) is 9.78 Å². The van der Waals surface area contributed by atoms with Crippen LogP contribution in [0, 0.1) is 11.3 Å². The zero-order valence-corrected chi connectivity index (χ0v) is 10.7. The molecule has 0 N–H and O–H groups in total. The molecule has 0 radical (unpaired) electrons. The molecule has 0 bridgehead atoms. The molecule has 0 atom stereocenters. The van der Waals surface area contributed by atoms with Crippen LogP contribution in [0.3, 0.4) is 0 Å². The maximum absolute atomic E-state index is 4.24. The molecule has 0 saturated heterocycles. The minimum atomic E-state index is 0.350. The molecule has 2 rings (SSSR count). The minimum Gasteiger partial charge on any atom is -0.269 e. The summed E-state index contributed by atoms with van der Waals surface area (Å²) in [5.41, 5.74) is 1.67. The average Bonchev–Trinajstić information content (AvgIpc) is 2.83. The molecule has 2 nitrogen and oxygen atoms in total. The molecule has 92 valence electrons. The molecule has 1 saturated carbocycles. The topological polar surface area (TPSA) is 17.8 Å². The van der Waals surface area contributed by atoms with Gasteiger partial charge in [0.2, 0.25) is 0 Å². The lowest BCUT2D eigenvalue weighted by atomic mass is 9.70. The third-order valence-corrected chi connectivity index (χ3v) is 4.12. The van der Waals surface area contributed by atoms with Crippen LogP contribution in [0.4, 0.5) is 0 Å². The number of nitrogens with zero attached hydrogens (tertiary/aromatic N) is 2. The zero-order chi connectivity index (χ0) is 12.3. The van der Waals surface area contributed by atoms with Crippen molar-refractivity contribution < 1.29 is 0 Å². The van der Waals surface area contributed by atoms with Gasteiger partial charge in [-0.3, -0.25) is 4.68 Å². The Bertz CT molecular complexity index is 381. The fourth-order valence-corrected chi connectivity index (χ4v) is 2.62. The molecule has 1 aromatic heterocycles. The van der Waals surface area contributed by atoms with Crippen molar-refractivity contribution in [3.05, 3.63) is 43.3 Å². The Labute approximate surface area is 104 Å². The molecule has 1 fully saturated rings. The fraction of sp³-hybridized carbons (Fsp3) is 0.533. The lowest BCUT2D eigenvalue weighted by Crippen LogP contribution is -2.24. The van der Waals surface area contributed by atoms with E-state index in [1.807, 2.05) is 23.1 Å². The molecule has 1 aliphatic rings. The van der Waals surface area contributed by atoms with Crippen LogP contribution in [0.2, 0.25) is 0 Å². The van der Waals surface area contributed by atoms with Gasteiger partial charge in [0.1, 0.15) is 0 Å². The molecule has 0 spiro atoms. The number of hydrogen-bond acceptors (Lipinski definition) is 1. The molecule has 0 aromatic carbocycles. The van der Waals surface area contributed by atoms with Gasteiger partial charge in [-0.05, 0) is 43.1 Å². The van der Waals surface area contributed by atoms with E-state index in [4.69, 9.17) is 0 Å². The zero-order valence-electron chi connectivity index (χ0n) is 10.7. The maximum Gasteiger partial charge on any atom is 0.0619 e. The first kappa shape index (κ1) is 12.2. The highest BCUT2D eigenvalue weighted by molar-refractivity contribution is 5.06. The highest BCUT2D eigenvalue weighted by Crippen LogP contribution is 2.41. The van der Waals surface area contributed by atoms with Gasteiger partial charge in [0.25, 0.3) is 0 Å². The van der Waals surface area contributed by atoms with Gasteiger partial charge in [-0.15, -0.1) is 6.58 Å². The summed E-state index contributed by atoms with van der Waals surface area (Å²) in [6.07, 6.45) is 10.9. The largest absolute Gasteiger partial charge is 0.269 e. The first-order chi connectivity index (χ1) is 8.13. The third-order valence-electron chi connectivity index (χ3n) is 4.12. The van der Waals surface area contributed by atoms with Crippen molar-refractivity contribution in [3.63, 3.8) is 0 Å². The minimum absolute atomic E-state index is 0.350. The second kappa shape index (κ2) is 4.91. The lowest BCUT2D eigenvalue weighted by Gasteiger charge is -2.35. The normalized spacial score (nSPS) is 28.9. The molecule has 1 heterocycles. The molecule has 17 heavy (non-hydrogen) atoms. The van der Waals surface area contributed by atoms with Crippen LogP contribution >= 0.6 is 0 Å². The van der Waals surface area contributed by atoms with Crippen molar-refractivity contribution in [3.8, 4) is 0 Å². The molecule has 2 heteroatoms. The van der Waals surface area contributed by atoms with Gasteiger partial charge < -0.3 is 0 Å². The summed E-state index contributed by atoms with van der Waals surface area (Å²) in [6.45, 7) is 11.4. The van der Waals surface area contributed by atoms with Crippen LogP contribution < -0.4 is 0 Å². The van der Waals surface area contributed by atoms with E-state index in [1.165, 1.54) is 31.3 Å².